The molecule has 6 heteroatoms. The molecule has 0 fully saturated rings. The maximum absolute atomic E-state index is 11.9. The molecule has 6 nitrogen and oxygen atoms in total. The van der Waals surface area contributed by atoms with Crippen molar-refractivity contribution in [3.8, 4) is 5.75 Å². The van der Waals surface area contributed by atoms with E-state index in [1.165, 1.54) is 0 Å². The molecule has 1 heterocycles. The number of rotatable bonds is 5. The third-order valence-electron chi connectivity index (χ3n) is 2.62. The Morgan fingerprint density at radius 3 is 2.48 bits per heavy atom. The van der Waals surface area contributed by atoms with Gasteiger partial charge in [-0.05, 0) is 36.4 Å². The van der Waals surface area contributed by atoms with Crippen molar-refractivity contribution in [3.05, 3.63) is 66.5 Å². The topological polar surface area (TPSA) is 83.2 Å². The summed E-state index contributed by atoms with van der Waals surface area (Å²) in [6.07, 6.45) is 3.26. The summed E-state index contributed by atoms with van der Waals surface area (Å²) in [6.45, 7) is 3.95. The maximum atomic E-state index is 11.9. The van der Waals surface area contributed by atoms with Crippen LogP contribution in [0.3, 0.4) is 0 Å². The van der Waals surface area contributed by atoms with Gasteiger partial charge in [-0.2, -0.15) is 0 Å². The Hall–Kier alpha value is -3.02. The highest BCUT2D eigenvalue weighted by atomic mass is 16.5. The number of carbonyl (C=O) groups excluding carboxylic acids is 2. The third kappa shape index (κ3) is 3.97. The van der Waals surface area contributed by atoms with Crippen molar-refractivity contribution < 1.29 is 14.3 Å². The molecule has 0 saturated carbocycles. The first kappa shape index (κ1) is 14.4. The van der Waals surface area contributed by atoms with Crippen molar-refractivity contribution in [2.24, 2.45) is 0 Å². The molecule has 21 heavy (non-hydrogen) atoms. The molecule has 0 unspecified atom stereocenters. The van der Waals surface area contributed by atoms with Crippen molar-refractivity contribution >= 4 is 11.8 Å². The van der Waals surface area contributed by atoms with E-state index in [1.54, 1.807) is 48.7 Å². The summed E-state index contributed by atoms with van der Waals surface area (Å²) >= 11 is 0. The molecule has 0 aliphatic rings. The second-order valence-electron chi connectivity index (χ2n) is 4.12. The Labute approximate surface area is 121 Å². The SMILES string of the molecule is C=CCOc1ccc(C(=O)NNC(=O)c2ccc[nH]2)cc1. The minimum atomic E-state index is -0.417. The molecule has 0 saturated heterocycles. The number of aromatic nitrogens is 1. The van der Waals surface area contributed by atoms with Crippen LogP contribution in [0.25, 0.3) is 0 Å². The first-order chi connectivity index (χ1) is 10.2. The predicted molar refractivity (Wildman–Crippen MR) is 77.9 cm³/mol. The molecule has 2 amide bonds. The van der Waals surface area contributed by atoms with E-state index >= 15 is 0 Å². The molecule has 0 atom stereocenters. The second kappa shape index (κ2) is 6.95. The van der Waals surface area contributed by atoms with Crippen LogP contribution >= 0.6 is 0 Å². The molecular formula is C15H15N3O3. The number of H-pyrrole nitrogens is 1. The molecule has 2 aromatic rings. The zero-order valence-corrected chi connectivity index (χ0v) is 11.3. The Morgan fingerprint density at radius 2 is 1.86 bits per heavy atom. The average molecular weight is 285 g/mol. The van der Waals surface area contributed by atoms with Crippen molar-refractivity contribution in [1.29, 1.82) is 0 Å². The van der Waals surface area contributed by atoms with Crippen LogP contribution in [0.15, 0.2) is 55.3 Å². The largest absolute Gasteiger partial charge is 0.490 e. The number of aromatic amines is 1. The molecule has 1 aromatic heterocycles. The van der Waals surface area contributed by atoms with E-state index in [2.05, 4.69) is 22.4 Å². The van der Waals surface area contributed by atoms with Crippen LogP contribution in [0, 0.1) is 0 Å². The molecular weight excluding hydrogens is 270 g/mol. The first-order valence-corrected chi connectivity index (χ1v) is 6.28. The third-order valence-corrected chi connectivity index (χ3v) is 2.62. The number of amides is 2. The molecule has 0 bridgehead atoms. The van der Waals surface area contributed by atoms with Gasteiger partial charge in [-0.3, -0.25) is 20.4 Å². The number of hydrogen-bond acceptors (Lipinski definition) is 3. The van der Waals surface area contributed by atoms with Crippen molar-refractivity contribution in [2.45, 2.75) is 0 Å². The van der Waals surface area contributed by atoms with Gasteiger partial charge in [0.25, 0.3) is 11.8 Å². The highest BCUT2D eigenvalue weighted by Crippen LogP contribution is 2.11. The average Bonchev–Trinajstić information content (AvgIpc) is 3.05. The Bertz CT molecular complexity index is 618. The molecule has 0 aliphatic heterocycles. The molecule has 0 radical (unpaired) electrons. The van der Waals surface area contributed by atoms with Crippen LogP contribution in [0.1, 0.15) is 20.8 Å². The summed E-state index contributed by atoms with van der Waals surface area (Å²) in [4.78, 5) is 26.2. The van der Waals surface area contributed by atoms with Crippen LogP contribution in [0.2, 0.25) is 0 Å². The fraction of sp³-hybridized carbons (Fsp3) is 0.0667. The van der Waals surface area contributed by atoms with Gasteiger partial charge in [-0.25, -0.2) is 0 Å². The Kier molecular flexibility index (Phi) is 4.76. The summed E-state index contributed by atoms with van der Waals surface area (Å²) in [5, 5.41) is 0. The van der Waals surface area contributed by atoms with Crippen molar-refractivity contribution in [1.82, 2.24) is 15.8 Å². The zero-order valence-electron chi connectivity index (χ0n) is 11.3. The van der Waals surface area contributed by atoms with Gasteiger partial charge in [0.1, 0.15) is 18.1 Å². The molecule has 2 rings (SSSR count). The summed E-state index contributed by atoms with van der Waals surface area (Å²) in [6, 6.07) is 9.85. The quantitative estimate of drug-likeness (QED) is 0.577. The zero-order chi connectivity index (χ0) is 15.1. The van der Waals surface area contributed by atoms with Gasteiger partial charge in [-0.15, -0.1) is 0 Å². The van der Waals surface area contributed by atoms with E-state index in [0.29, 0.717) is 23.6 Å². The van der Waals surface area contributed by atoms with Gasteiger partial charge in [0.15, 0.2) is 0 Å². The maximum Gasteiger partial charge on any atom is 0.286 e. The van der Waals surface area contributed by atoms with Gasteiger partial charge in [0.2, 0.25) is 0 Å². The number of benzene rings is 1. The molecule has 3 N–H and O–H groups in total. The minimum Gasteiger partial charge on any atom is -0.490 e. The number of ether oxygens (including phenoxy) is 1. The normalized spacial score (nSPS) is 9.71. The molecule has 1 aromatic carbocycles. The van der Waals surface area contributed by atoms with E-state index in [1.807, 2.05) is 0 Å². The van der Waals surface area contributed by atoms with E-state index in [9.17, 15) is 9.59 Å². The van der Waals surface area contributed by atoms with E-state index in [0.717, 1.165) is 0 Å². The summed E-state index contributed by atoms with van der Waals surface area (Å²) in [7, 11) is 0. The molecule has 0 aliphatic carbocycles. The predicted octanol–water partition coefficient (Wildman–Crippen LogP) is 1.65. The van der Waals surface area contributed by atoms with Gasteiger partial charge >= 0.3 is 0 Å². The molecule has 0 spiro atoms. The van der Waals surface area contributed by atoms with E-state index < -0.39 is 11.8 Å². The fourth-order valence-electron chi connectivity index (χ4n) is 1.58. The monoisotopic (exact) mass is 285 g/mol. The van der Waals surface area contributed by atoms with Crippen molar-refractivity contribution in [3.63, 3.8) is 0 Å². The Balaban J connectivity index is 1.88. The molecule has 108 valence electrons. The lowest BCUT2D eigenvalue weighted by Crippen LogP contribution is -2.41. The first-order valence-electron chi connectivity index (χ1n) is 6.28. The van der Waals surface area contributed by atoms with Gasteiger partial charge < -0.3 is 9.72 Å². The van der Waals surface area contributed by atoms with E-state index in [4.69, 9.17) is 4.74 Å². The van der Waals surface area contributed by atoms with Crippen LogP contribution in [0.4, 0.5) is 0 Å². The number of hydrazine groups is 1. The lowest BCUT2D eigenvalue weighted by atomic mass is 10.2. The summed E-state index contributed by atoms with van der Waals surface area (Å²) < 4.78 is 5.31. The fourth-order valence-corrected chi connectivity index (χ4v) is 1.58. The lowest BCUT2D eigenvalue weighted by molar-refractivity contribution is 0.0844. The highest BCUT2D eigenvalue weighted by Gasteiger charge is 2.09. The van der Waals surface area contributed by atoms with Gasteiger partial charge in [0.05, 0.1) is 0 Å². The number of nitrogens with one attached hydrogen (secondary N) is 3. The Morgan fingerprint density at radius 1 is 1.14 bits per heavy atom. The van der Waals surface area contributed by atoms with E-state index in [-0.39, 0.29) is 0 Å². The highest BCUT2D eigenvalue weighted by molar-refractivity contribution is 5.98. The minimum absolute atomic E-state index is 0.364. The smallest absolute Gasteiger partial charge is 0.286 e. The number of carbonyl (C=O) groups is 2. The van der Waals surface area contributed by atoms with Gasteiger partial charge in [-0.1, -0.05) is 12.7 Å². The summed E-state index contributed by atoms with van der Waals surface area (Å²) in [5.74, 6) is -0.189. The van der Waals surface area contributed by atoms with Crippen LogP contribution in [-0.4, -0.2) is 23.4 Å². The van der Waals surface area contributed by atoms with Crippen molar-refractivity contribution in [2.75, 3.05) is 6.61 Å². The summed E-state index contributed by atoms with van der Waals surface area (Å²) in [5.41, 5.74) is 5.43. The van der Waals surface area contributed by atoms with Crippen LogP contribution < -0.4 is 15.6 Å². The van der Waals surface area contributed by atoms with Crippen LogP contribution in [-0.2, 0) is 0 Å². The standard InChI is InChI=1S/C15H15N3O3/c1-2-10-21-12-7-5-11(6-8-12)14(19)17-18-15(20)13-4-3-9-16-13/h2-9,16H,1,10H2,(H,17,19)(H,18,20). The lowest BCUT2D eigenvalue weighted by Gasteiger charge is -2.07. The van der Waals surface area contributed by atoms with Crippen LogP contribution in [0.5, 0.6) is 5.75 Å². The number of hydrogen-bond donors (Lipinski definition) is 3. The second-order valence-corrected chi connectivity index (χ2v) is 4.12. The van der Waals surface area contributed by atoms with Gasteiger partial charge in [0, 0.05) is 11.8 Å².